The topological polar surface area (TPSA) is 104 Å². The lowest BCUT2D eigenvalue weighted by Crippen LogP contribution is -2.44. The zero-order valence-corrected chi connectivity index (χ0v) is 23.7. The first-order valence-corrected chi connectivity index (χ1v) is 14.8. The minimum absolute atomic E-state index is 0.0674. The summed E-state index contributed by atoms with van der Waals surface area (Å²) in [5.74, 6) is 1.82. The molecule has 8 nitrogen and oxygen atoms in total. The van der Waals surface area contributed by atoms with Gasteiger partial charge in [-0.3, -0.25) is 14.7 Å². The zero-order chi connectivity index (χ0) is 27.5. The Morgan fingerprint density at radius 1 is 1.26 bits per heavy atom. The van der Waals surface area contributed by atoms with Gasteiger partial charge >= 0.3 is 0 Å². The van der Waals surface area contributed by atoms with E-state index in [0.717, 1.165) is 61.3 Å². The van der Waals surface area contributed by atoms with Crippen molar-refractivity contribution in [3.8, 4) is 6.07 Å². The van der Waals surface area contributed by atoms with Crippen LogP contribution in [0.4, 0.5) is 0 Å². The molecule has 0 radical (unpaired) electrons. The maximum atomic E-state index is 13.2. The van der Waals surface area contributed by atoms with E-state index in [1.54, 1.807) is 6.33 Å². The van der Waals surface area contributed by atoms with Gasteiger partial charge in [0.25, 0.3) is 0 Å². The van der Waals surface area contributed by atoms with Gasteiger partial charge in [-0.05, 0) is 43.9 Å². The van der Waals surface area contributed by atoms with Crippen LogP contribution in [0.1, 0.15) is 81.7 Å². The zero-order valence-electron chi connectivity index (χ0n) is 23.7. The summed E-state index contributed by atoms with van der Waals surface area (Å²) in [5.41, 5.74) is 3.56. The van der Waals surface area contributed by atoms with E-state index in [1.165, 1.54) is 25.7 Å². The van der Waals surface area contributed by atoms with Gasteiger partial charge in [0.15, 0.2) is 0 Å². The molecule has 1 amide bonds. The van der Waals surface area contributed by atoms with Gasteiger partial charge in [0.1, 0.15) is 12.2 Å². The molecule has 2 unspecified atom stereocenters. The molecule has 3 aliphatic rings. The number of aryl methyl sites for hydroxylation is 1. The van der Waals surface area contributed by atoms with E-state index in [4.69, 9.17) is 14.7 Å². The molecule has 210 valence electrons. The van der Waals surface area contributed by atoms with Gasteiger partial charge in [-0.25, -0.2) is 9.97 Å². The van der Waals surface area contributed by atoms with Crippen LogP contribution in [-0.2, 0) is 9.53 Å². The number of rotatable bonds is 10. The number of amides is 1. The lowest BCUT2D eigenvalue weighted by atomic mass is 9.80. The highest BCUT2D eigenvalue weighted by Gasteiger charge is 2.29. The molecule has 1 aliphatic carbocycles. The van der Waals surface area contributed by atoms with Crippen LogP contribution in [0.25, 0.3) is 11.6 Å². The Kier molecular flexibility index (Phi) is 11.2. The van der Waals surface area contributed by atoms with Crippen LogP contribution < -0.4 is 5.32 Å². The fraction of sp³-hybridized carbons (Fsp3) is 0.645. The number of nitriles is 1. The predicted molar refractivity (Wildman–Crippen MR) is 155 cm³/mol. The summed E-state index contributed by atoms with van der Waals surface area (Å²) >= 11 is 0. The number of aromatic nitrogens is 2. The first-order valence-electron chi connectivity index (χ1n) is 14.8. The van der Waals surface area contributed by atoms with Gasteiger partial charge in [0, 0.05) is 42.9 Å². The second kappa shape index (κ2) is 15.0. The van der Waals surface area contributed by atoms with Crippen molar-refractivity contribution in [3.05, 3.63) is 35.4 Å². The number of hydrogen-bond donors (Lipinski definition) is 1. The molecule has 2 fully saturated rings. The Hall–Kier alpha value is -2.89. The molecular formula is C31H44N6O2. The normalized spacial score (nSPS) is 21.7. The highest BCUT2D eigenvalue weighted by molar-refractivity contribution is 6.27. The van der Waals surface area contributed by atoms with Crippen LogP contribution in [0.5, 0.6) is 0 Å². The summed E-state index contributed by atoms with van der Waals surface area (Å²) < 4.78 is 5.44. The average Bonchev–Trinajstić information content (AvgIpc) is 3.40. The van der Waals surface area contributed by atoms with Gasteiger partial charge in [0.05, 0.1) is 31.5 Å². The van der Waals surface area contributed by atoms with E-state index in [2.05, 4.69) is 46.4 Å². The van der Waals surface area contributed by atoms with Crippen LogP contribution >= 0.6 is 0 Å². The van der Waals surface area contributed by atoms with Crippen molar-refractivity contribution >= 4 is 23.4 Å². The van der Waals surface area contributed by atoms with Crippen LogP contribution in [0, 0.1) is 36.0 Å². The largest absolute Gasteiger partial charge is 0.379 e. The minimum Gasteiger partial charge on any atom is -0.379 e. The molecule has 8 heteroatoms. The fourth-order valence-corrected chi connectivity index (χ4v) is 6.09. The van der Waals surface area contributed by atoms with Crippen molar-refractivity contribution in [2.45, 2.75) is 71.6 Å². The van der Waals surface area contributed by atoms with Crippen molar-refractivity contribution < 1.29 is 9.53 Å². The molecule has 1 N–H and O–H groups in total. The fourth-order valence-electron chi connectivity index (χ4n) is 6.09. The van der Waals surface area contributed by atoms with E-state index >= 15 is 0 Å². The number of allylic oxidation sites excluding steroid dienone is 2. The first-order chi connectivity index (χ1) is 19.1. The third-order valence-electron chi connectivity index (χ3n) is 8.26. The highest BCUT2D eigenvalue weighted by atomic mass is 16.5. The summed E-state index contributed by atoms with van der Waals surface area (Å²) in [6.07, 6.45) is 17.7. The van der Waals surface area contributed by atoms with Gasteiger partial charge < -0.3 is 10.1 Å². The van der Waals surface area contributed by atoms with Crippen LogP contribution in [-0.4, -0.2) is 66.0 Å². The van der Waals surface area contributed by atoms with Crippen molar-refractivity contribution in [2.24, 2.45) is 22.7 Å². The number of unbranched alkanes of at least 4 members (excludes halogenated alkanes) is 1. The SMILES string of the molecule is CCC/C=C\c1c(C)ncnc1C1=CC(CC(CC#N)C2CCCC2)CCN=C1NC(=O)CN1CCOCC1. The summed E-state index contributed by atoms with van der Waals surface area (Å²) in [6, 6.07) is 2.46. The molecule has 4 rings (SSSR count). The molecule has 1 aromatic rings. The van der Waals surface area contributed by atoms with Gasteiger partial charge in [-0.2, -0.15) is 5.26 Å². The number of aliphatic imine (C=N–C) groups is 1. The predicted octanol–water partition coefficient (Wildman–Crippen LogP) is 4.96. The van der Waals surface area contributed by atoms with Gasteiger partial charge in [-0.15, -0.1) is 0 Å². The van der Waals surface area contributed by atoms with Crippen LogP contribution in [0.15, 0.2) is 23.5 Å². The summed E-state index contributed by atoms with van der Waals surface area (Å²) in [6.45, 7) is 7.92. The Morgan fingerprint density at radius 3 is 2.79 bits per heavy atom. The quantitative estimate of drug-likeness (QED) is 0.457. The molecule has 2 aliphatic heterocycles. The second-order valence-electron chi connectivity index (χ2n) is 11.1. The van der Waals surface area contributed by atoms with Crippen molar-refractivity contribution in [1.82, 2.24) is 20.2 Å². The molecule has 39 heavy (non-hydrogen) atoms. The number of morpholine rings is 1. The summed E-state index contributed by atoms with van der Waals surface area (Å²) in [5, 5.41) is 12.7. The maximum Gasteiger partial charge on any atom is 0.239 e. The second-order valence-corrected chi connectivity index (χ2v) is 11.1. The summed E-state index contributed by atoms with van der Waals surface area (Å²) in [4.78, 5) is 29.4. The van der Waals surface area contributed by atoms with E-state index < -0.39 is 0 Å². The number of carbonyl (C=O) groups excluding carboxylic acids is 1. The number of nitrogens with one attached hydrogen (secondary N) is 1. The van der Waals surface area contributed by atoms with Crippen molar-refractivity contribution in [2.75, 3.05) is 39.4 Å². The molecule has 0 bridgehead atoms. The Balaban J connectivity index is 1.64. The van der Waals surface area contributed by atoms with Crippen LogP contribution in [0.2, 0.25) is 0 Å². The van der Waals surface area contributed by atoms with E-state index in [9.17, 15) is 10.1 Å². The van der Waals surface area contributed by atoms with Crippen molar-refractivity contribution in [3.63, 3.8) is 0 Å². The third-order valence-corrected chi connectivity index (χ3v) is 8.26. The molecule has 0 spiro atoms. The molecule has 0 aromatic carbocycles. The Labute approximate surface area is 233 Å². The maximum absolute atomic E-state index is 13.2. The molecule has 1 saturated heterocycles. The van der Waals surface area contributed by atoms with E-state index in [1.807, 2.05) is 6.92 Å². The molecule has 1 aromatic heterocycles. The van der Waals surface area contributed by atoms with Gasteiger partial charge in [0.2, 0.25) is 5.91 Å². The molecule has 1 saturated carbocycles. The van der Waals surface area contributed by atoms with E-state index in [-0.39, 0.29) is 11.8 Å². The standard InChI is InChI=1S/C31H44N6O2/c1-3-4-5-10-27-23(2)34-22-35-30(27)28-20-24(19-26(11-13-32)25-8-6-7-9-25)12-14-33-31(28)36-29(38)21-37-15-17-39-18-16-37/h5,10,20,22,24-26H,3-4,6-9,11-12,14-19,21H2,1-2H3,(H,33,36,38)/b10-5-. The van der Waals surface area contributed by atoms with Crippen molar-refractivity contribution in [1.29, 1.82) is 5.26 Å². The number of carbonyl (C=O) groups is 1. The molecule has 2 atom stereocenters. The highest BCUT2D eigenvalue weighted by Crippen LogP contribution is 2.38. The first kappa shape index (κ1) is 29.1. The smallest absolute Gasteiger partial charge is 0.239 e. The number of amidine groups is 1. The minimum atomic E-state index is -0.0674. The monoisotopic (exact) mass is 532 g/mol. The number of nitrogens with zero attached hydrogens (tertiary/aromatic N) is 5. The summed E-state index contributed by atoms with van der Waals surface area (Å²) in [7, 11) is 0. The third kappa shape index (κ3) is 8.30. The Bertz CT molecular complexity index is 1090. The van der Waals surface area contributed by atoms with E-state index in [0.29, 0.717) is 50.4 Å². The lowest BCUT2D eigenvalue weighted by molar-refractivity contribution is -0.121. The number of hydrogen-bond acceptors (Lipinski definition) is 7. The Morgan fingerprint density at radius 2 is 2.05 bits per heavy atom. The number of ether oxygens (including phenoxy) is 1. The molecule has 3 heterocycles. The lowest BCUT2D eigenvalue weighted by Gasteiger charge is -2.26. The average molecular weight is 533 g/mol. The molecular weight excluding hydrogens is 488 g/mol. The van der Waals surface area contributed by atoms with Crippen LogP contribution in [0.3, 0.4) is 0 Å². The van der Waals surface area contributed by atoms with Gasteiger partial charge in [-0.1, -0.05) is 57.3 Å².